The Hall–Kier alpha value is -1.64. The maximum Gasteiger partial charge on any atom is 0.158 e. The molecule has 0 amide bonds. The molecule has 0 atom stereocenters. The van der Waals surface area contributed by atoms with Gasteiger partial charge in [-0.2, -0.15) is 0 Å². The summed E-state index contributed by atoms with van der Waals surface area (Å²) >= 11 is 0. The summed E-state index contributed by atoms with van der Waals surface area (Å²) < 4.78 is 2.07. The number of rotatable bonds is 2. The molecule has 2 rings (SSSR count). The van der Waals surface area contributed by atoms with E-state index in [1.807, 2.05) is 24.4 Å². The highest BCUT2D eigenvalue weighted by atomic mass is 15.1. The average Bonchev–Trinajstić information content (AvgIpc) is 2.67. The van der Waals surface area contributed by atoms with Gasteiger partial charge in [0.2, 0.25) is 0 Å². The van der Waals surface area contributed by atoms with Crippen LogP contribution >= 0.6 is 0 Å². The molecule has 0 aliphatic carbocycles. The molecule has 0 spiro atoms. The van der Waals surface area contributed by atoms with E-state index in [9.17, 15) is 0 Å². The molecule has 3 heteroatoms. The molecule has 0 N–H and O–H groups in total. The Morgan fingerprint density at radius 1 is 1.23 bits per heavy atom. The van der Waals surface area contributed by atoms with E-state index in [1.54, 1.807) is 12.4 Å². The molecular formula is C10H11N3. The zero-order valence-electron chi connectivity index (χ0n) is 7.51. The minimum Gasteiger partial charge on any atom is -0.330 e. The van der Waals surface area contributed by atoms with Crippen molar-refractivity contribution in [3.05, 3.63) is 36.8 Å². The SMILES string of the molecule is CCn1ccnc1-c1ccccn1. The van der Waals surface area contributed by atoms with Crippen molar-refractivity contribution in [2.75, 3.05) is 0 Å². The van der Waals surface area contributed by atoms with Crippen molar-refractivity contribution in [2.24, 2.45) is 0 Å². The van der Waals surface area contributed by atoms with Crippen molar-refractivity contribution >= 4 is 0 Å². The topological polar surface area (TPSA) is 30.7 Å². The fourth-order valence-electron chi connectivity index (χ4n) is 1.29. The summed E-state index contributed by atoms with van der Waals surface area (Å²) in [5, 5.41) is 0. The average molecular weight is 173 g/mol. The summed E-state index contributed by atoms with van der Waals surface area (Å²) in [6.07, 6.45) is 5.54. The van der Waals surface area contributed by atoms with E-state index in [0.717, 1.165) is 18.1 Å². The lowest BCUT2D eigenvalue weighted by atomic mass is 10.3. The van der Waals surface area contributed by atoms with Gasteiger partial charge < -0.3 is 4.57 Å². The molecule has 0 aromatic carbocycles. The van der Waals surface area contributed by atoms with Crippen LogP contribution in [0.15, 0.2) is 36.8 Å². The van der Waals surface area contributed by atoms with Crippen molar-refractivity contribution in [1.29, 1.82) is 0 Å². The fraction of sp³-hybridized carbons (Fsp3) is 0.200. The van der Waals surface area contributed by atoms with Gasteiger partial charge in [-0.3, -0.25) is 4.98 Å². The Balaban J connectivity index is 2.47. The second kappa shape index (κ2) is 3.39. The van der Waals surface area contributed by atoms with Gasteiger partial charge in [-0.05, 0) is 19.1 Å². The first-order valence-electron chi connectivity index (χ1n) is 4.34. The van der Waals surface area contributed by atoms with E-state index in [1.165, 1.54) is 0 Å². The van der Waals surface area contributed by atoms with E-state index >= 15 is 0 Å². The van der Waals surface area contributed by atoms with Crippen LogP contribution < -0.4 is 0 Å². The highest BCUT2D eigenvalue weighted by Gasteiger charge is 2.03. The molecule has 0 radical (unpaired) electrons. The summed E-state index contributed by atoms with van der Waals surface area (Å²) in [4.78, 5) is 8.50. The summed E-state index contributed by atoms with van der Waals surface area (Å²) in [5.41, 5.74) is 0.925. The smallest absolute Gasteiger partial charge is 0.158 e. The predicted molar refractivity (Wildman–Crippen MR) is 51.1 cm³/mol. The largest absolute Gasteiger partial charge is 0.330 e. The van der Waals surface area contributed by atoms with Gasteiger partial charge in [-0.1, -0.05) is 6.07 Å². The maximum absolute atomic E-state index is 4.26. The van der Waals surface area contributed by atoms with Crippen LogP contribution in [0.5, 0.6) is 0 Å². The molecule has 0 aliphatic rings. The Bertz CT molecular complexity index is 378. The molecule has 2 heterocycles. The fourth-order valence-corrected chi connectivity index (χ4v) is 1.29. The second-order valence-corrected chi connectivity index (χ2v) is 2.75. The summed E-state index contributed by atoms with van der Waals surface area (Å²) in [6.45, 7) is 3.01. The van der Waals surface area contributed by atoms with E-state index in [-0.39, 0.29) is 0 Å². The molecule has 66 valence electrons. The number of aromatic nitrogens is 3. The third-order valence-electron chi connectivity index (χ3n) is 1.95. The molecular weight excluding hydrogens is 162 g/mol. The quantitative estimate of drug-likeness (QED) is 0.695. The van der Waals surface area contributed by atoms with Crippen LogP contribution in [0.25, 0.3) is 11.5 Å². The molecule has 0 saturated carbocycles. The van der Waals surface area contributed by atoms with Gasteiger partial charge in [0.05, 0.1) is 0 Å². The van der Waals surface area contributed by atoms with Gasteiger partial charge in [0.1, 0.15) is 5.69 Å². The van der Waals surface area contributed by atoms with Crippen molar-refractivity contribution in [3.63, 3.8) is 0 Å². The third-order valence-corrected chi connectivity index (χ3v) is 1.95. The van der Waals surface area contributed by atoms with E-state index < -0.39 is 0 Å². The molecule has 0 unspecified atom stereocenters. The summed E-state index contributed by atoms with van der Waals surface area (Å²) in [5.74, 6) is 0.933. The lowest BCUT2D eigenvalue weighted by Crippen LogP contribution is -1.96. The van der Waals surface area contributed by atoms with Gasteiger partial charge in [0, 0.05) is 25.1 Å². The minimum atomic E-state index is 0.923. The Morgan fingerprint density at radius 3 is 2.85 bits per heavy atom. The molecule has 2 aromatic rings. The standard InChI is InChI=1S/C10H11N3/c1-2-13-8-7-12-10(13)9-5-3-4-6-11-9/h3-8H,2H2,1H3. The van der Waals surface area contributed by atoms with Crippen LogP contribution in [0.2, 0.25) is 0 Å². The van der Waals surface area contributed by atoms with Gasteiger partial charge in [-0.15, -0.1) is 0 Å². The highest BCUT2D eigenvalue weighted by molar-refractivity contribution is 5.48. The number of nitrogens with zero attached hydrogens (tertiary/aromatic N) is 3. The lowest BCUT2D eigenvalue weighted by Gasteiger charge is -2.02. The summed E-state index contributed by atoms with van der Waals surface area (Å²) in [7, 11) is 0. The molecule has 2 aromatic heterocycles. The lowest BCUT2D eigenvalue weighted by molar-refractivity contribution is 0.768. The predicted octanol–water partition coefficient (Wildman–Crippen LogP) is 1.96. The van der Waals surface area contributed by atoms with E-state index in [0.29, 0.717) is 0 Å². The molecule has 3 nitrogen and oxygen atoms in total. The second-order valence-electron chi connectivity index (χ2n) is 2.75. The molecule has 13 heavy (non-hydrogen) atoms. The minimum absolute atomic E-state index is 0.923. The Kier molecular flexibility index (Phi) is 2.08. The maximum atomic E-state index is 4.26. The van der Waals surface area contributed by atoms with Crippen LogP contribution in [0.3, 0.4) is 0 Å². The molecule has 0 fully saturated rings. The van der Waals surface area contributed by atoms with Crippen LogP contribution in [-0.2, 0) is 6.54 Å². The van der Waals surface area contributed by atoms with Crippen molar-refractivity contribution < 1.29 is 0 Å². The molecule has 0 bridgehead atoms. The van der Waals surface area contributed by atoms with Crippen LogP contribution in [-0.4, -0.2) is 14.5 Å². The molecule has 0 saturated heterocycles. The number of aryl methyl sites for hydroxylation is 1. The molecule has 0 aliphatic heterocycles. The van der Waals surface area contributed by atoms with Crippen LogP contribution in [0, 0.1) is 0 Å². The van der Waals surface area contributed by atoms with Crippen molar-refractivity contribution in [1.82, 2.24) is 14.5 Å². The van der Waals surface area contributed by atoms with E-state index in [2.05, 4.69) is 21.5 Å². The van der Waals surface area contributed by atoms with E-state index in [4.69, 9.17) is 0 Å². The van der Waals surface area contributed by atoms with Gasteiger partial charge in [0.15, 0.2) is 5.82 Å². The van der Waals surface area contributed by atoms with Crippen LogP contribution in [0.4, 0.5) is 0 Å². The third kappa shape index (κ3) is 1.45. The van der Waals surface area contributed by atoms with Gasteiger partial charge in [0.25, 0.3) is 0 Å². The number of hydrogen-bond donors (Lipinski definition) is 0. The first-order chi connectivity index (χ1) is 6.42. The monoisotopic (exact) mass is 173 g/mol. The van der Waals surface area contributed by atoms with Crippen LogP contribution in [0.1, 0.15) is 6.92 Å². The van der Waals surface area contributed by atoms with Gasteiger partial charge in [-0.25, -0.2) is 4.98 Å². The normalized spacial score (nSPS) is 10.2. The van der Waals surface area contributed by atoms with Gasteiger partial charge >= 0.3 is 0 Å². The first kappa shape index (κ1) is 7.98. The summed E-state index contributed by atoms with van der Waals surface area (Å²) in [6, 6.07) is 5.84. The highest BCUT2D eigenvalue weighted by Crippen LogP contribution is 2.12. The zero-order chi connectivity index (χ0) is 9.10. The van der Waals surface area contributed by atoms with Crippen molar-refractivity contribution in [3.8, 4) is 11.5 Å². The van der Waals surface area contributed by atoms with Crippen molar-refractivity contribution in [2.45, 2.75) is 13.5 Å². The number of hydrogen-bond acceptors (Lipinski definition) is 2. The number of pyridine rings is 1. The number of imidazole rings is 1. The first-order valence-corrected chi connectivity index (χ1v) is 4.34. The Morgan fingerprint density at radius 2 is 2.15 bits per heavy atom. The Labute approximate surface area is 77.1 Å². The zero-order valence-corrected chi connectivity index (χ0v) is 7.51.